The molecule has 1 saturated heterocycles. The van der Waals surface area contributed by atoms with Gasteiger partial charge in [-0.1, -0.05) is 50.6 Å². The Hall–Kier alpha value is -2.09. The van der Waals surface area contributed by atoms with Crippen LogP contribution in [-0.4, -0.2) is 43.2 Å². The van der Waals surface area contributed by atoms with E-state index < -0.39 is 12.0 Å². The van der Waals surface area contributed by atoms with Crippen molar-refractivity contribution in [3.63, 3.8) is 0 Å². The minimum absolute atomic E-state index is 0.0312. The molecule has 2 aromatic rings. The van der Waals surface area contributed by atoms with Crippen LogP contribution in [0.2, 0.25) is 5.02 Å². The first-order valence-electron chi connectivity index (χ1n) is 10.5. The predicted octanol–water partition coefficient (Wildman–Crippen LogP) is 5.20. The van der Waals surface area contributed by atoms with Crippen molar-refractivity contribution in [2.45, 2.75) is 44.5 Å². The first kappa shape index (κ1) is 24.6. The number of carbonyl (C=O) groups is 1. The number of carboxylic acids is 1. The van der Waals surface area contributed by atoms with Gasteiger partial charge >= 0.3 is 5.97 Å². The maximum absolute atomic E-state index is 11.2. The van der Waals surface area contributed by atoms with Crippen LogP contribution < -0.4 is 19.5 Å². The van der Waals surface area contributed by atoms with E-state index >= 15 is 0 Å². The van der Waals surface area contributed by atoms with Crippen molar-refractivity contribution in [3.8, 4) is 17.2 Å². The fourth-order valence-electron chi connectivity index (χ4n) is 3.56. The van der Waals surface area contributed by atoms with Crippen LogP contribution in [0.25, 0.3) is 0 Å². The SMILES string of the molecule is COc1cc(C2NC(C(=O)O)CS2)cc(Cl)c1OCCOc1c(C)cccc1C(C)(C)C. The second kappa shape index (κ2) is 10.2. The van der Waals surface area contributed by atoms with Crippen LogP contribution in [0.3, 0.4) is 0 Å². The first-order chi connectivity index (χ1) is 15.1. The molecule has 1 heterocycles. The highest BCUT2D eigenvalue weighted by Gasteiger charge is 2.31. The van der Waals surface area contributed by atoms with Gasteiger partial charge in [-0.3, -0.25) is 10.1 Å². The summed E-state index contributed by atoms with van der Waals surface area (Å²) in [6.07, 6.45) is 0. The molecule has 0 radical (unpaired) electrons. The Morgan fingerprint density at radius 1 is 1.22 bits per heavy atom. The number of thioether (sulfide) groups is 1. The average molecular weight is 480 g/mol. The third kappa shape index (κ3) is 5.63. The van der Waals surface area contributed by atoms with Crippen LogP contribution >= 0.6 is 23.4 Å². The Bertz CT molecular complexity index is 976. The molecule has 8 heteroatoms. The van der Waals surface area contributed by atoms with Crippen molar-refractivity contribution in [2.75, 3.05) is 26.1 Å². The van der Waals surface area contributed by atoms with Gasteiger partial charge in [-0.15, -0.1) is 11.8 Å². The summed E-state index contributed by atoms with van der Waals surface area (Å²) >= 11 is 8.02. The van der Waals surface area contributed by atoms with E-state index in [1.54, 1.807) is 13.2 Å². The highest BCUT2D eigenvalue weighted by Crippen LogP contribution is 2.42. The molecule has 6 nitrogen and oxygen atoms in total. The second-order valence-corrected chi connectivity index (χ2v) is 10.2. The predicted molar refractivity (Wildman–Crippen MR) is 129 cm³/mol. The fraction of sp³-hybridized carbons (Fsp3) is 0.458. The van der Waals surface area contributed by atoms with E-state index in [2.05, 4.69) is 32.2 Å². The Morgan fingerprint density at radius 3 is 2.50 bits per heavy atom. The largest absolute Gasteiger partial charge is 0.493 e. The average Bonchev–Trinajstić information content (AvgIpc) is 3.22. The van der Waals surface area contributed by atoms with Gasteiger partial charge in [-0.2, -0.15) is 0 Å². The van der Waals surface area contributed by atoms with Gasteiger partial charge in [-0.05, 0) is 41.2 Å². The number of hydrogen-bond acceptors (Lipinski definition) is 6. The van der Waals surface area contributed by atoms with E-state index in [9.17, 15) is 9.90 Å². The van der Waals surface area contributed by atoms with Crippen molar-refractivity contribution >= 4 is 29.3 Å². The summed E-state index contributed by atoms with van der Waals surface area (Å²) in [5.41, 5.74) is 3.05. The summed E-state index contributed by atoms with van der Waals surface area (Å²) in [6.45, 7) is 9.17. The molecule has 3 rings (SSSR count). The van der Waals surface area contributed by atoms with Crippen molar-refractivity contribution < 1.29 is 24.1 Å². The van der Waals surface area contributed by atoms with E-state index in [0.29, 0.717) is 35.5 Å². The molecule has 1 aliphatic heterocycles. The molecule has 0 saturated carbocycles. The fourth-order valence-corrected chi connectivity index (χ4v) is 5.05. The number of hydrogen-bond donors (Lipinski definition) is 2. The molecule has 0 aliphatic carbocycles. The van der Waals surface area contributed by atoms with Crippen LogP contribution in [0.15, 0.2) is 30.3 Å². The Kier molecular flexibility index (Phi) is 7.85. The third-order valence-corrected chi connectivity index (χ3v) is 6.78. The van der Waals surface area contributed by atoms with Gasteiger partial charge in [0.25, 0.3) is 0 Å². The maximum Gasteiger partial charge on any atom is 0.321 e. The molecule has 2 atom stereocenters. The Labute approximate surface area is 198 Å². The lowest BCUT2D eigenvalue weighted by Crippen LogP contribution is -2.33. The molecule has 0 aromatic heterocycles. The lowest BCUT2D eigenvalue weighted by molar-refractivity contribution is -0.138. The normalized spacial score (nSPS) is 18.4. The molecule has 1 aliphatic rings. The van der Waals surface area contributed by atoms with Crippen molar-refractivity contribution in [1.82, 2.24) is 5.32 Å². The topological polar surface area (TPSA) is 77.0 Å². The molecule has 2 unspecified atom stereocenters. The van der Waals surface area contributed by atoms with Crippen molar-refractivity contribution in [2.24, 2.45) is 0 Å². The van der Waals surface area contributed by atoms with Crippen LogP contribution in [0.5, 0.6) is 17.2 Å². The smallest absolute Gasteiger partial charge is 0.321 e. The number of aliphatic carboxylic acids is 1. The van der Waals surface area contributed by atoms with Gasteiger partial charge < -0.3 is 19.3 Å². The van der Waals surface area contributed by atoms with E-state index in [1.807, 2.05) is 25.1 Å². The van der Waals surface area contributed by atoms with Crippen LogP contribution in [-0.2, 0) is 10.2 Å². The minimum Gasteiger partial charge on any atom is -0.493 e. The number of para-hydroxylation sites is 1. The zero-order valence-electron chi connectivity index (χ0n) is 19.0. The molecular weight excluding hydrogens is 450 g/mol. The van der Waals surface area contributed by atoms with E-state index in [0.717, 1.165) is 22.4 Å². The highest BCUT2D eigenvalue weighted by molar-refractivity contribution is 7.99. The van der Waals surface area contributed by atoms with Crippen molar-refractivity contribution in [3.05, 3.63) is 52.0 Å². The highest BCUT2D eigenvalue weighted by atomic mass is 35.5. The molecule has 2 aromatic carbocycles. The molecule has 0 bridgehead atoms. The Balaban J connectivity index is 1.67. The number of nitrogens with one attached hydrogen (secondary N) is 1. The zero-order chi connectivity index (χ0) is 23.5. The lowest BCUT2D eigenvalue weighted by Gasteiger charge is -2.24. The third-order valence-electron chi connectivity index (χ3n) is 5.23. The van der Waals surface area contributed by atoms with Crippen LogP contribution in [0.4, 0.5) is 0 Å². The number of methoxy groups -OCH3 is 1. The number of aryl methyl sites for hydroxylation is 1. The molecule has 0 spiro atoms. The summed E-state index contributed by atoms with van der Waals surface area (Å²) < 4.78 is 17.5. The Morgan fingerprint density at radius 2 is 1.91 bits per heavy atom. The molecule has 32 heavy (non-hydrogen) atoms. The molecule has 0 amide bonds. The molecule has 2 N–H and O–H groups in total. The molecule has 174 valence electrons. The summed E-state index contributed by atoms with van der Waals surface area (Å²) in [5.74, 6) is 1.46. The first-order valence-corrected chi connectivity index (χ1v) is 11.9. The van der Waals surface area contributed by atoms with Gasteiger partial charge in [0, 0.05) is 5.75 Å². The van der Waals surface area contributed by atoms with Gasteiger partial charge in [0.1, 0.15) is 25.0 Å². The van der Waals surface area contributed by atoms with Gasteiger partial charge in [0.2, 0.25) is 0 Å². The maximum atomic E-state index is 11.2. The van der Waals surface area contributed by atoms with Gasteiger partial charge in [0.05, 0.1) is 17.5 Å². The molecular formula is C24H30ClNO5S. The summed E-state index contributed by atoms with van der Waals surface area (Å²) in [6, 6.07) is 9.20. The van der Waals surface area contributed by atoms with E-state index in [4.69, 9.17) is 25.8 Å². The summed E-state index contributed by atoms with van der Waals surface area (Å²) in [4.78, 5) is 11.2. The number of benzene rings is 2. The number of ether oxygens (including phenoxy) is 3. The number of carboxylic acid groups (broad SMARTS) is 1. The quantitative estimate of drug-likeness (QED) is 0.504. The minimum atomic E-state index is -0.860. The standard InChI is InChI=1S/C24H30ClNO5S/c1-14-7-6-8-16(24(2,3)4)20(14)30-9-10-31-21-17(25)11-15(12-19(21)29-5)22-26-18(13-32-22)23(27)28/h6-8,11-12,18,22,26H,9-10,13H2,1-5H3,(H,27,28). The van der Waals surface area contributed by atoms with Gasteiger partial charge in [-0.25, -0.2) is 0 Å². The number of rotatable bonds is 8. The van der Waals surface area contributed by atoms with Crippen LogP contribution in [0, 0.1) is 6.92 Å². The van der Waals surface area contributed by atoms with Gasteiger partial charge in [0.15, 0.2) is 11.5 Å². The van der Waals surface area contributed by atoms with E-state index in [1.165, 1.54) is 11.8 Å². The monoisotopic (exact) mass is 479 g/mol. The molecule has 1 fully saturated rings. The van der Waals surface area contributed by atoms with E-state index in [-0.39, 0.29) is 10.8 Å². The summed E-state index contributed by atoms with van der Waals surface area (Å²) in [5, 5.41) is 12.5. The zero-order valence-corrected chi connectivity index (χ0v) is 20.6. The van der Waals surface area contributed by atoms with Crippen molar-refractivity contribution in [1.29, 1.82) is 0 Å². The lowest BCUT2D eigenvalue weighted by atomic mass is 9.85. The number of halogens is 1. The summed E-state index contributed by atoms with van der Waals surface area (Å²) in [7, 11) is 1.55. The second-order valence-electron chi connectivity index (χ2n) is 8.70. The van der Waals surface area contributed by atoms with Crippen LogP contribution in [0.1, 0.15) is 42.8 Å².